The molecule has 24 heavy (non-hydrogen) atoms. The van der Waals surface area contributed by atoms with Crippen molar-refractivity contribution >= 4 is 17.4 Å². The minimum Gasteiger partial charge on any atom is -0.466 e. The lowest BCUT2D eigenvalue weighted by Crippen LogP contribution is -2.47. The van der Waals surface area contributed by atoms with E-state index in [1.807, 2.05) is 35.5 Å². The highest BCUT2D eigenvalue weighted by Gasteiger charge is 2.26. The third-order valence-corrected chi connectivity index (χ3v) is 5.44. The number of amides is 2. The topological polar surface area (TPSA) is 58.4 Å². The first-order chi connectivity index (χ1) is 11.6. The van der Waals surface area contributed by atoms with E-state index in [9.17, 15) is 4.79 Å². The van der Waals surface area contributed by atoms with Crippen LogP contribution in [0.1, 0.15) is 48.6 Å². The van der Waals surface area contributed by atoms with Gasteiger partial charge in [-0.15, -0.1) is 11.3 Å². The number of likely N-dealkylation sites (tertiary alicyclic amines) is 1. The molecule has 1 aliphatic rings. The number of nitrogens with zero attached hydrogens (tertiary/aromatic N) is 2. The molecule has 2 atom stereocenters. The van der Waals surface area contributed by atoms with E-state index in [0.717, 1.165) is 55.3 Å². The van der Waals surface area contributed by atoms with Gasteiger partial charge in [-0.2, -0.15) is 0 Å². The minimum absolute atomic E-state index is 0.0411. The van der Waals surface area contributed by atoms with Crippen molar-refractivity contribution in [3.8, 4) is 0 Å². The second-order valence-corrected chi connectivity index (χ2v) is 7.48. The quantitative estimate of drug-likeness (QED) is 0.891. The Labute approximate surface area is 147 Å². The lowest BCUT2D eigenvalue weighted by atomic mass is 9.99. The summed E-state index contributed by atoms with van der Waals surface area (Å²) < 4.78 is 5.58. The molecule has 0 radical (unpaired) electrons. The van der Waals surface area contributed by atoms with Gasteiger partial charge in [-0.1, -0.05) is 0 Å². The van der Waals surface area contributed by atoms with Gasteiger partial charge in [0.1, 0.15) is 11.5 Å². The number of piperidine rings is 1. The Balaban J connectivity index is 1.46. The number of rotatable bonds is 5. The van der Waals surface area contributed by atoms with Crippen LogP contribution in [0.25, 0.3) is 0 Å². The van der Waals surface area contributed by atoms with Crippen LogP contribution in [-0.2, 0) is 6.42 Å². The minimum atomic E-state index is 0.0411. The van der Waals surface area contributed by atoms with E-state index in [4.69, 9.17) is 4.42 Å². The van der Waals surface area contributed by atoms with Gasteiger partial charge in [0.05, 0.1) is 5.01 Å². The van der Waals surface area contributed by atoms with Crippen LogP contribution in [0.4, 0.5) is 4.79 Å². The molecular weight excluding hydrogens is 322 g/mol. The molecule has 0 aliphatic carbocycles. The third kappa shape index (κ3) is 4.38. The molecule has 1 fully saturated rings. The van der Waals surface area contributed by atoms with Gasteiger partial charge < -0.3 is 14.6 Å². The molecular formula is C18H25N3O2S. The molecule has 3 heterocycles. The first-order valence-electron chi connectivity index (χ1n) is 8.62. The van der Waals surface area contributed by atoms with Crippen molar-refractivity contribution in [2.75, 3.05) is 13.1 Å². The van der Waals surface area contributed by atoms with Crippen molar-refractivity contribution in [2.45, 2.75) is 51.5 Å². The zero-order valence-electron chi connectivity index (χ0n) is 14.3. The Morgan fingerprint density at radius 2 is 2.42 bits per heavy atom. The molecule has 0 bridgehead atoms. The molecule has 1 N–H and O–H groups in total. The molecule has 1 saturated heterocycles. The lowest BCUT2D eigenvalue weighted by molar-refractivity contribution is 0.176. The van der Waals surface area contributed by atoms with E-state index in [0.29, 0.717) is 5.92 Å². The van der Waals surface area contributed by atoms with Gasteiger partial charge in [-0.25, -0.2) is 9.78 Å². The number of nitrogens with one attached hydrogen (secondary N) is 1. The molecule has 0 aromatic carbocycles. The molecule has 0 saturated carbocycles. The normalized spacial score (nSPS) is 19.2. The fraction of sp³-hybridized carbons (Fsp3) is 0.556. The zero-order chi connectivity index (χ0) is 16.9. The first-order valence-corrected chi connectivity index (χ1v) is 9.50. The van der Waals surface area contributed by atoms with Crippen molar-refractivity contribution in [2.24, 2.45) is 0 Å². The third-order valence-electron chi connectivity index (χ3n) is 4.50. The van der Waals surface area contributed by atoms with Gasteiger partial charge in [-0.3, -0.25) is 0 Å². The van der Waals surface area contributed by atoms with Crippen molar-refractivity contribution < 1.29 is 9.21 Å². The van der Waals surface area contributed by atoms with Gasteiger partial charge in [0, 0.05) is 43.0 Å². The van der Waals surface area contributed by atoms with Crippen LogP contribution in [0, 0.1) is 6.92 Å². The second kappa shape index (κ2) is 7.83. The summed E-state index contributed by atoms with van der Waals surface area (Å²) >= 11 is 1.68. The van der Waals surface area contributed by atoms with Gasteiger partial charge in [0.2, 0.25) is 0 Å². The number of aryl methyl sites for hydroxylation is 2. The summed E-state index contributed by atoms with van der Waals surface area (Å²) in [5.41, 5.74) is 0. The predicted molar refractivity (Wildman–Crippen MR) is 95.4 cm³/mol. The fourth-order valence-corrected chi connectivity index (χ4v) is 3.92. The number of hydrogen-bond donors (Lipinski definition) is 1. The molecule has 5 nitrogen and oxygen atoms in total. The Kier molecular flexibility index (Phi) is 5.56. The maximum atomic E-state index is 12.5. The summed E-state index contributed by atoms with van der Waals surface area (Å²) in [6, 6.07) is 4.15. The number of aromatic nitrogens is 1. The summed E-state index contributed by atoms with van der Waals surface area (Å²) in [5, 5.41) is 6.27. The SMILES string of the molecule is Cc1ccc(CC[C@H](C)NC(=O)N2CCC[C@@H](c3nccs3)C2)o1. The summed E-state index contributed by atoms with van der Waals surface area (Å²) in [7, 11) is 0. The van der Waals surface area contributed by atoms with E-state index in [-0.39, 0.29) is 12.1 Å². The molecule has 1 aliphatic heterocycles. The molecule has 3 rings (SSSR count). The number of carbonyl (C=O) groups excluding carboxylic acids is 1. The van der Waals surface area contributed by atoms with Crippen LogP contribution in [0.5, 0.6) is 0 Å². The fourth-order valence-electron chi connectivity index (χ4n) is 3.15. The maximum absolute atomic E-state index is 12.5. The van der Waals surface area contributed by atoms with E-state index in [1.54, 1.807) is 11.3 Å². The first kappa shape index (κ1) is 17.0. The Morgan fingerprint density at radius 3 is 3.12 bits per heavy atom. The molecule has 2 aromatic heterocycles. The summed E-state index contributed by atoms with van der Waals surface area (Å²) in [4.78, 5) is 18.9. The average molecular weight is 347 g/mol. The molecule has 0 spiro atoms. The molecule has 6 heteroatoms. The van der Waals surface area contributed by atoms with Gasteiger partial charge in [0.25, 0.3) is 0 Å². The smallest absolute Gasteiger partial charge is 0.317 e. The number of furan rings is 1. The van der Waals surface area contributed by atoms with Crippen molar-refractivity contribution in [3.63, 3.8) is 0 Å². The van der Waals surface area contributed by atoms with E-state index in [2.05, 4.69) is 17.2 Å². The van der Waals surface area contributed by atoms with E-state index >= 15 is 0 Å². The molecule has 0 unspecified atom stereocenters. The van der Waals surface area contributed by atoms with Crippen molar-refractivity contribution in [1.82, 2.24) is 15.2 Å². The van der Waals surface area contributed by atoms with Gasteiger partial charge >= 0.3 is 6.03 Å². The maximum Gasteiger partial charge on any atom is 0.317 e. The Hall–Kier alpha value is -1.82. The Morgan fingerprint density at radius 1 is 1.54 bits per heavy atom. The highest BCUT2D eigenvalue weighted by Crippen LogP contribution is 2.28. The monoisotopic (exact) mass is 347 g/mol. The largest absolute Gasteiger partial charge is 0.466 e. The number of urea groups is 1. The van der Waals surface area contributed by atoms with Gasteiger partial charge in [-0.05, 0) is 45.2 Å². The summed E-state index contributed by atoms with van der Waals surface area (Å²) in [6.07, 6.45) is 5.72. The van der Waals surface area contributed by atoms with Crippen molar-refractivity contribution in [1.29, 1.82) is 0 Å². The van der Waals surface area contributed by atoms with Gasteiger partial charge in [0.15, 0.2) is 0 Å². The van der Waals surface area contributed by atoms with Crippen LogP contribution in [0.3, 0.4) is 0 Å². The van der Waals surface area contributed by atoms with E-state index < -0.39 is 0 Å². The highest BCUT2D eigenvalue weighted by molar-refractivity contribution is 7.09. The second-order valence-electron chi connectivity index (χ2n) is 6.56. The molecule has 2 amide bonds. The predicted octanol–water partition coefficient (Wildman–Crippen LogP) is 3.95. The van der Waals surface area contributed by atoms with Crippen LogP contribution in [0.15, 0.2) is 28.1 Å². The number of carbonyl (C=O) groups is 1. The van der Waals surface area contributed by atoms with Crippen molar-refractivity contribution in [3.05, 3.63) is 40.2 Å². The van der Waals surface area contributed by atoms with E-state index in [1.165, 1.54) is 0 Å². The summed E-state index contributed by atoms with van der Waals surface area (Å²) in [6.45, 7) is 5.60. The number of thiazole rings is 1. The van der Waals surface area contributed by atoms with Crippen LogP contribution < -0.4 is 5.32 Å². The summed E-state index contributed by atoms with van der Waals surface area (Å²) in [5.74, 6) is 2.30. The Bertz CT molecular complexity index is 653. The van der Waals surface area contributed by atoms with Crippen LogP contribution in [0.2, 0.25) is 0 Å². The van der Waals surface area contributed by atoms with Crippen LogP contribution in [-0.4, -0.2) is 35.0 Å². The molecule has 2 aromatic rings. The standard InChI is InChI=1S/C18H25N3O2S/c1-13(5-7-16-8-6-14(2)23-16)20-18(22)21-10-3-4-15(12-21)17-19-9-11-24-17/h6,8-9,11,13,15H,3-5,7,10,12H2,1-2H3,(H,20,22)/t13-,15+/m0/s1. The average Bonchev–Trinajstić information content (AvgIpc) is 3.24. The zero-order valence-corrected chi connectivity index (χ0v) is 15.1. The van der Waals surface area contributed by atoms with Crippen LogP contribution >= 0.6 is 11.3 Å². The lowest BCUT2D eigenvalue weighted by Gasteiger charge is -2.32. The highest BCUT2D eigenvalue weighted by atomic mass is 32.1. The number of hydrogen-bond acceptors (Lipinski definition) is 4. The molecule has 130 valence electrons.